The molecule has 0 unspecified atom stereocenters. The predicted octanol–water partition coefficient (Wildman–Crippen LogP) is 1.62. The fourth-order valence-electron chi connectivity index (χ4n) is 1.80. The molecule has 0 aliphatic carbocycles. The van der Waals surface area contributed by atoms with Gasteiger partial charge in [-0.05, 0) is 18.2 Å². The molecule has 2 heterocycles. The van der Waals surface area contributed by atoms with Crippen LogP contribution >= 0.6 is 0 Å². The molecule has 0 spiro atoms. The van der Waals surface area contributed by atoms with E-state index < -0.39 is 5.97 Å². The first-order chi connectivity index (χ1) is 10.2. The quantitative estimate of drug-likeness (QED) is 0.778. The molecule has 3 aromatic rings. The van der Waals surface area contributed by atoms with E-state index >= 15 is 0 Å². The van der Waals surface area contributed by atoms with Gasteiger partial charge in [-0.15, -0.1) is 10.2 Å². The Bertz CT molecular complexity index is 815. The Morgan fingerprint density at radius 2 is 2.19 bits per heavy atom. The molecule has 0 atom stereocenters. The summed E-state index contributed by atoms with van der Waals surface area (Å²) >= 11 is 0. The van der Waals surface area contributed by atoms with E-state index in [0.717, 1.165) is 0 Å². The minimum Gasteiger partial charge on any atom is -0.493 e. The van der Waals surface area contributed by atoms with Crippen LogP contribution in [0.5, 0.6) is 17.4 Å². The van der Waals surface area contributed by atoms with Crippen molar-refractivity contribution in [1.29, 1.82) is 0 Å². The van der Waals surface area contributed by atoms with Crippen molar-refractivity contribution in [3.63, 3.8) is 0 Å². The Hall–Kier alpha value is -3.16. The smallest absolute Gasteiger partial charge is 0.335 e. The van der Waals surface area contributed by atoms with Gasteiger partial charge in [-0.1, -0.05) is 0 Å². The standard InChI is InChI=1S/C13H10N4O4/c1-20-10-6-8(13(18)19)2-3-9(10)21-12-11-16-15-7-17(11)5-4-14-12/h2-7H,1H3,(H,18,19). The Kier molecular flexibility index (Phi) is 3.11. The number of fused-ring (bicyclic) bond motifs is 1. The molecule has 8 heteroatoms. The second-order valence-corrected chi connectivity index (χ2v) is 4.07. The van der Waals surface area contributed by atoms with E-state index in [1.165, 1.54) is 31.6 Å². The van der Waals surface area contributed by atoms with E-state index in [2.05, 4.69) is 15.2 Å². The summed E-state index contributed by atoms with van der Waals surface area (Å²) in [7, 11) is 1.43. The van der Waals surface area contributed by atoms with E-state index in [1.807, 2.05) is 0 Å². The van der Waals surface area contributed by atoms with Crippen LogP contribution < -0.4 is 9.47 Å². The zero-order valence-corrected chi connectivity index (χ0v) is 10.9. The predicted molar refractivity (Wildman–Crippen MR) is 70.8 cm³/mol. The van der Waals surface area contributed by atoms with E-state index in [1.54, 1.807) is 16.8 Å². The number of ether oxygens (including phenoxy) is 2. The third-order valence-electron chi connectivity index (χ3n) is 2.80. The number of benzene rings is 1. The normalized spacial score (nSPS) is 10.5. The molecule has 0 saturated carbocycles. The lowest BCUT2D eigenvalue weighted by atomic mass is 10.2. The third kappa shape index (κ3) is 2.34. The van der Waals surface area contributed by atoms with Crippen LogP contribution in [0, 0.1) is 0 Å². The zero-order valence-electron chi connectivity index (χ0n) is 10.9. The molecule has 8 nitrogen and oxygen atoms in total. The summed E-state index contributed by atoms with van der Waals surface area (Å²) in [6.45, 7) is 0. The number of carbonyl (C=O) groups is 1. The Labute approximate surface area is 118 Å². The molecule has 0 fully saturated rings. The van der Waals surface area contributed by atoms with E-state index in [9.17, 15) is 4.79 Å². The largest absolute Gasteiger partial charge is 0.493 e. The molecule has 0 aliphatic heterocycles. The van der Waals surface area contributed by atoms with Gasteiger partial charge in [-0.2, -0.15) is 0 Å². The number of rotatable bonds is 4. The highest BCUT2D eigenvalue weighted by molar-refractivity contribution is 5.88. The highest BCUT2D eigenvalue weighted by Gasteiger charge is 2.13. The average Bonchev–Trinajstić information content (AvgIpc) is 2.97. The summed E-state index contributed by atoms with van der Waals surface area (Å²) in [5, 5.41) is 16.6. The number of carboxylic acid groups (broad SMARTS) is 1. The first-order valence-corrected chi connectivity index (χ1v) is 5.92. The molecule has 0 aliphatic rings. The van der Waals surface area contributed by atoms with Crippen molar-refractivity contribution in [3.05, 3.63) is 42.5 Å². The first-order valence-electron chi connectivity index (χ1n) is 5.92. The van der Waals surface area contributed by atoms with Crippen LogP contribution in [0.4, 0.5) is 0 Å². The number of aromatic carboxylic acids is 1. The minimum absolute atomic E-state index is 0.104. The van der Waals surface area contributed by atoms with Crippen LogP contribution in [-0.2, 0) is 0 Å². The lowest BCUT2D eigenvalue weighted by Gasteiger charge is -2.10. The van der Waals surface area contributed by atoms with Gasteiger partial charge in [0.1, 0.15) is 6.33 Å². The number of hydrogen-bond acceptors (Lipinski definition) is 6. The van der Waals surface area contributed by atoms with Crippen LogP contribution in [0.25, 0.3) is 5.65 Å². The Morgan fingerprint density at radius 3 is 2.95 bits per heavy atom. The van der Waals surface area contributed by atoms with Crippen molar-refractivity contribution >= 4 is 11.6 Å². The van der Waals surface area contributed by atoms with Gasteiger partial charge in [-0.25, -0.2) is 9.78 Å². The summed E-state index contributed by atoms with van der Waals surface area (Å²) < 4.78 is 12.5. The van der Waals surface area contributed by atoms with Crippen molar-refractivity contribution in [2.45, 2.75) is 0 Å². The average molecular weight is 286 g/mol. The molecular weight excluding hydrogens is 276 g/mol. The zero-order chi connectivity index (χ0) is 14.8. The van der Waals surface area contributed by atoms with E-state index in [4.69, 9.17) is 14.6 Å². The summed E-state index contributed by atoms with van der Waals surface area (Å²) in [6.07, 6.45) is 4.76. The maximum Gasteiger partial charge on any atom is 0.335 e. The summed E-state index contributed by atoms with van der Waals surface area (Å²) in [6, 6.07) is 4.30. The molecule has 0 radical (unpaired) electrons. The number of methoxy groups -OCH3 is 1. The molecule has 21 heavy (non-hydrogen) atoms. The number of aromatic nitrogens is 4. The lowest BCUT2D eigenvalue weighted by Crippen LogP contribution is -1.99. The number of hydrogen-bond donors (Lipinski definition) is 1. The number of carboxylic acids is 1. The fraction of sp³-hybridized carbons (Fsp3) is 0.0769. The van der Waals surface area contributed by atoms with E-state index in [0.29, 0.717) is 17.1 Å². The van der Waals surface area contributed by atoms with Crippen LogP contribution in [0.15, 0.2) is 36.9 Å². The van der Waals surface area contributed by atoms with E-state index in [-0.39, 0.29) is 11.4 Å². The molecule has 1 N–H and O–H groups in total. The molecule has 1 aromatic carbocycles. The van der Waals surface area contributed by atoms with Crippen molar-refractivity contribution < 1.29 is 19.4 Å². The van der Waals surface area contributed by atoms with Gasteiger partial charge in [0.05, 0.1) is 12.7 Å². The topological polar surface area (TPSA) is 98.8 Å². The Morgan fingerprint density at radius 1 is 1.33 bits per heavy atom. The second-order valence-electron chi connectivity index (χ2n) is 4.07. The summed E-state index contributed by atoms with van der Waals surface area (Å²) in [5.74, 6) is -0.168. The Balaban J connectivity index is 2.01. The van der Waals surface area contributed by atoms with Crippen molar-refractivity contribution in [2.24, 2.45) is 0 Å². The fourth-order valence-corrected chi connectivity index (χ4v) is 1.80. The van der Waals surface area contributed by atoms with Crippen LogP contribution in [0.1, 0.15) is 10.4 Å². The number of nitrogens with zero attached hydrogens (tertiary/aromatic N) is 4. The van der Waals surface area contributed by atoms with Crippen LogP contribution in [0.2, 0.25) is 0 Å². The summed E-state index contributed by atoms with van der Waals surface area (Å²) in [4.78, 5) is 15.0. The van der Waals surface area contributed by atoms with Gasteiger partial charge in [0, 0.05) is 12.4 Å². The van der Waals surface area contributed by atoms with Gasteiger partial charge < -0.3 is 14.6 Å². The molecular formula is C13H10N4O4. The first kappa shape index (κ1) is 12.9. The van der Waals surface area contributed by atoms with Crippen LogP contribution in [0.3, 0.4) is 0 Å². The highest BCUT2D eigenvalue weighted by atomic mass is 16.5. The summed E-state index contributed by atoms with van der Waals surface area (Å²) in [5.41, 5.74) is 0.551. The SMILES string of the molecule is COc1cc(C(=O)O)ccc1Oc1nccn2cnnc12. The second kappa shape index (κ2) is 5.08. The van der Waals surface area contributed by atoms with Crippen LogP contribution in [-0.4, -0.2) is 37.8 Å². The highest BCUT2D eigenvalue weighted by Crippen LogP contribution is 2.32. The van der Waals surface area contributed by atoms with Gasteiger partial charge in [0.15, 0.2) is 11.5 Å². The van der Waals surface area contributed by atoms with Crippen molar-refractivity contribution in [2.75, 3.05) is 7.11 Å². The van der Waals surface area contributed by atoms with Crippen molar-refractivity contribution in [3.8, 4) is 17.4 Å². The van der Waals surface area contributed by atoms with Gasteiger partial charge in [-0.3, -0.25) is 4.40 Å². The molecule has 106 valence electrons. The third-order valence-corrected chi connectivity index (χ3v) is 2.80. The molecule has 2 aromatic heterocycles. The lowest BCUT2D eigenvalue weighted by molar-refractivity contribution is 0.0696. The molecule has 3 rings (SSSR count). The molecule has 0 amide bonds. The monoisotopic (exact) mass is 286 g/mol. The maximum absolute atomic E-state index is 10.9. The molecule has 0 saturated heterocycles. The van der Waals surface area contributed by atoms with Crippen molar-refractivity contribution in [1.82, 2.24) is 19.6 Å². The molecule has 0 bridgehead atoms. The van der Waals surface area contributed by atoms with Gasteiger partial charge in [0.2, 0.25) is 5.65 Å². The maximum atomic E-state index is 10.9. The van der Waals surface area contributed by atoms with Gasteiger partial charge >= 0.3 is 5.97 Å². The minimum atomic E-state index is -1.04. The van der Waals surface area contributed by atoms with Gasteiger partial charge in [0.25, 0.3) is 5.88 Å².